The normalized spacial score (nSPS) is 12.8. The van der Waals surface area contributed by atoms with Crippen LogP contribution in [0.1, 0.15) is 6.92 Å². The number of carbonyl (C=O) groups excluding carboxylic acids is 1. The maximum atomic E-state index is 11.7. The largest absolute Gasteiger partial charge is 0.479 e. The number of nitrogens with one attached hydrogen (secondary N) is 1. The monoisotopic (exact) mass is 355 g/mol. The van der Waals surface area contributed by atoms with E-state index in [0.717, 1.165) is 6.07 Å². The average molecular weight is 356 g/mol. The molecule has 0 saturated carbocycles. The van der Waals surface area contributed by atoms with E-state index in [1.54, 1.807) is 6.92 Å². The molecule has 118 valence electrons. The fourth-order valence-corrected chi connectivity index (χ4v) is 2.46. The second-order valence-electron chi connectivity index (χ2n) is 4.07. The minimum atomic E-state index is -3.86. The zero-order valence-electron chi connectivity index (χ0n) is 11.4. The maximum absolute atomic E-state index is 11.7. The predicted octanol–water partition coefficient (Wildman–Crippen LogP) is 1.80. The van der Waals surface area contributed by atoms with Crippen LogP contribution >= 0.6 is 22.3 Å². The van der Waals surface area contributed by atoms with Crippen molar-refractivity contribution in [3.8, 4) is 5.75 Å². The lowest BCUT2D eigenvalue weighted by atomic mass is 10.3. The molecule has 1 aromatic rings. The number of amides is 1. The summed E-state index contributed by atoms with van der Waals surface area (Å²) in [6.45, 7) is 2.30. The predicted molar refractivity (Wildman–Crippen MR) is 79.5 cm³/mol. The van der Waals surface area contributed by atoms with Crippen molar-refractivity contribution in [1.29, 1.82) is 0 Å². The van der Waals surface area contributed by atoms with Crippen LogP contribution in [-0.4, -0.2) is 40.7 Å². The van der Waals surface area contributed by atoms with Gasteiger partial charge in [-0.1, -0.05) is 11.6 Å². The summed E-state index contributed by atoms with van der Waals surface area (Å²) in [4.78, 5) is 11.6. The number of hydrogen-bond donors (Lipinski definition) is 1. The molecule has 0 fully saturated rings. The Morgan fingerprint density at radius 3 is 2.62 bits per heavy atom. The SMILES string of the molecule is COCCNC(=O)C(C)Oc1ccc(S(=O)(=O)Cl)cc1Cl. The van der Waals surface area contributed by atoms with Crippen LogP contribution in [0.15, 0.2) is 23.1 Å². The maximum Gasteiger partial charge on any atom is 0.261 e. The number of benzene rings is 1. The highest BCUT2D eigenvalue weighted by Crippen LogP contribution is 2.29. The molecule has 0 bridgehead atoms. The number of methoxy groups -OCH3 is 1. The van der Waals surface area contributed by atoms with Gasteiger partial charge in [0.05, 0.1) is 16.5 Å². The van der Waals surface area contributed by atoms with Gasteiger partial charge in [0.15, 0.2) is 6.10 Å². The Morgan fingerprint density at radius 2 is 2.10 bits per heavy atom. The topological polar surface area (TPSA) is 81.7 Å². The number of halogens is 2. The van der Waals surface area contributed by atoms with Crippen molar-refractivity contribution in [2.75, 3.05) is 20.3 Å². The molecule has 1 atom stereocenters. The molecule has 0 aliphatic rings. The van der Waals surface area contributed by atoms with Crippen LogP contribution in [0.25, 0.3) is 0 Å². The summed E-state index contributed by atoms with van der Waals surface area (Å²) in [6.07, 6.45) is -0.794. The molecule has 0 heterocycles. The van der Waals surface area contributed by atoms with Gasteiger partial charge in [-0.3, -0.25) is 4.79 Å². The minimum Gasteiger partial charge on any atom is -0.479 e. The first-order valence-corrected chi connectivity index (χ1v) is 8.62. The Bertz CT molecular complexity index is 606. The summed E-state index contributed by atoms with van der Waals surface area (Å²) in [5, 5.41) is 2.66. The van der Waals surface area contributed by atoms with Gasteiger partial charge in [-0.05, 0) is 25.1 Å². The van der Waals surface area contributed by atoms with Crippen LogP contribution in [0.4, 0.5) is 0 Å². The standard InChI is InChI=1S/C12H15Cl2NO5S/c1-8(12(16)15-5-6-19-2)20-11-4-3-9(7-10(11)13)21(14,17)18/h3-4,7-8H,5-6H2,1-2H3,(H,15,16). The first-order chi connectivity index (χ1) is 9.75. The molecular formula is C12H15Cl2NO5S. The first kappa shape index (κ1) is 18.0. The van der Waals surface area contributed by atoms with Crippen molar-refractivity contribution in [2.45, 2.75) is 17.9 Å². The Morgan fingerprint density at radius 1 is 1.43 bits per heavy atom. The highest BCUT2D eigenvalue weighted by Gasteiger charge is 2.17. The molecule has 0 aromatic heterocycles. The quantitative estimate of drug-likeness (QED) is 0.595. The van der Waals surface area contributed by atoms with Crippen LogP contribution in [0.2, 0.25) is 5.02 Å². The number of hydrogen-bond acceptors (Lipinski definition) is 5. The van der Waals surface area contributed by atoms with E-state index < -0.39 is 15.2 Å². The van der Waals surface area contributed by atoms with E-state index in [0.29, 0.717) is 13.2 Å². The Hall–Kier alpha value is -1.02. The van der Waals surface area contributed by atoms with Gasteiger partial charge in [-0.15, -0.1) is 0 Å². The van der Waals surface area contributed by atoms with Crippen molar-refractivity contribution in [1.82, 2.24) is 5.32 Å². The van der Waals surface area contributed by atoms with Crippen molar-refractivity contribution >= 4 is 37.2 Å². The molecule has 1 N–H and O–H groups in total. The van der Waals surface area contributed by atoms with Gasteiger partial charge in [0.1, 0.15) is 5.75 Å². The molecule has 21 heavy (non-hydrogen) atoms. The van der Waals surface area contributed by atoms with Gasteiger partial charge in [-0.2, -0.15) is 0 Å². The molecule has 1 unspecified atom stereocenters. The van der Waals surface area contributed by atoms with Crippen LogP contribution in [0.5, 0.6) is 5.75 Å². The highest BCUT2D eigenvalue weighted by atomic mass is 35.7. The summed E-state index contributed by atoms with van der Waals surface area (Å²) in [5.74, 6) is -0.146. The summed E-state index contributed by atoms with van der Waals surface area (Å²) in [5.41, 5.74) is 0. The van der Waals surface area contributed by atoms with E-state index in [2.05, 4.69) is 5.32 Å². The zero-order chi connectivity index (χ0) is 16.0. The molecule has 1 amide bonds. The summed E-state index contributed by atoms with van der Waals surface area (Å²) >= 11 is 5.91. The molecule has 0 aliphatic carbocycles. The fourth-order valence-electron chi connectivity index (χ4n) is 1.39. The fraction of sp³-hybridized carbons (Fsp3) is 0.417. The van der Waals surface area contributed by atoms with Crippen molar-refractivity contribution in [3.63, 3.8) is 0 Å². The van der Waals surface area contributed by atoms with Gasteiger partial charge < -0.3 is 14.8 Å². The molecule has 6 nitrogen and oxygen atoms in total. The summed E-state index contributed by atoms with van der Waals surface area (Å²) in [6, 6.07) is 3.75. The lowest BCUT2D eigenvalue weighted by Crippen LogP contribution is -2.37. The highest BCUT2D eigenvalue weighted by molar-refractivity contribution is 8.13. The van der Waals surface area contributed by atoms with Crippen LogP contribution in [0.3, 0.4) is 0 Å². The number of carbonyl (C=O) groups is 1. The van der Waals surface area contributed by atoms with Crippen LogP contribution in [-0.2, 0) is 18.6 Å². The van der Waals surface area contributed by atoms with Gasteiger partial charge in [0, 0.05) is 24.3 Å². The summed E-state index contributed by atoms with van der Waals surface area (Å²) in [7, 11) is 2.87. The van der Waals surface area contributed by atoms with E-state index in [1.165, 1.54) is 19.2 Å². The molecule has 9 heteroatoms. The molecule has 1 rings (SSSR count). The van der Waals surface area contributed by atoms with Crippen molar-refractivity contribution < 1.29 is 22.7 Å². The lowest BCUT2D eigenvalue weighted by molar-refractivity contribution is -0.127. The van der Waals surface area contributed by atoms with E-state index in [9.17, 15) is 13.2 Å². The zero-order valence-corrected chi connectivity index (χ0v) is 13.8. The van der Waals surface area contributed by atoms with Gasteiger partial charge in [0.25, 0.3) is 15.0 Å². The van der Waals surface area contributed by atoms with E-state index in [4.69, 9.17) is 31.8 Å². The van der Waals surface area contributed by atoms with Crippen LogP contribution in [0, 0.1) is 0 Å². The third-order valence-electron chi connectivity index (χ3n) is 2.46. The first-order valence-electron chi connectivity index (χ1n) is 5.93. The molecule has 0 radical (unpaired) electrons. The summed E-state index contributed by atoms with van der Waals surface area (Å²) < 4.78 is 32.5. The average Bonchev–Trinajstić information content (AvgIpc) is 2.39. The van der Waals surface area contributed by atoms with E-state index in [1.807, 2.05) is 0 Å². The number of rotatable bonds is 7. The lowest BCUT2D eigenvalue weighted by Gasteiger charge is -2.15. The third kappa shape index (κ3) is 5.70. The second kappa shape index (κ2) is 7.84. The van der Waals surface area contributed by atoms with Gasteiger partial charge >= 0.3 is 0 Å². The Balaban J connectivity index is 2.73. The smallest absolute Gasteiger partial charge is 0.261 e. The molecule has 1 aromatic carbocycles. The molecule has 0 saturated heterocycles. The Labute approximate surface area is 132 Å². The van der Waals surface area contributed by atoms with Crippen molar-refractivity contribution in [3.05, 3.63) is 23.2 Å². The molecular weight excluding hydrogens is 341 g/mol. The van der Waals surface area contributed by atoms with E-state index >= 15 is 0 Å². The van der Waals surface area contributed by atoms with Gasteiger partial charge in [-0.25, -0.2) is 8.42 Å². The molecule has 0 aliphatic heterocycles. The van der Waals surface area contributed by atoms with Gasteiger partial charge in [0.2, 0.25) is 0 Å². The third-order valence-corrected chi connectivity index (χ3v) is 4.11. The second-order valence-corrected chi connectivity index (χ2v) is 7.05. The van der Waals surface area contributed by atoms with Crippen molar-refractivity contribution in [2.24, 2.45) is 0 Å². The minimum absolute atomic E-state index is 0.0493. The molecule has 0 spiro atoms. The van der Waals surface area contributed by atoms with E-state index in [-0.39, 0.29) is 21.6 Å². The van der Waals surface area contributed by atoms with Crippen LogP contribution < -0.4 is 10.1 Å². The Kier molecular flexibility index (Phi) is 6.73. The number of ether oxygens (including phenoxy) is 2.